The molecule has 4 heterocycles. The Balaban J connectivity index is 0.877. The van der Waals surface area contributed by atoms with Crippen molar-refractivity contribution >= 4 is 66.4 Å². The fourth-order valence-electron chi connectivity index (χ4n) is 12.0. The lowest BCUT2D eigenvalue weighted by Crippen LogP contribution is -2.34. The summed E-state index contributed by atoms with van der Waals surface area (Å²) < 4.78 is 0. The topological polar surface area (TPSA) is 115 Å². The van der Waals surface area contributed by atoms with Crippen molar-refractivity contribution in [1.29, 1.82) is 0 Å². The van der Waals surface area contributed by atoms with Gasteiger partial charge in [0, 0.05) is 34.1 Å². The zero-order valence-electron chi connectivity index (χ0n) is 40.9. The van der Waals surface area contributed by atoms with Gasteiger partial charge in [0.15, 0.2) is 0 Å². The van der Waals surface area contributed by atoms with Crippen LogP contribution in [0.2, 0.25) is 0 Å². The Morgan fingerprint density at radius 1 is 0.263 bits per heavy atom. The van der Waals surface area contributed by atoms with Crippen molar-refractivity contribution in [1.82, 2.24) is 39.9 Å². The van der Waals surface area contributed by atoms with E-state index in [1.807, 2.05) is 48.5 Å². The lowest BCUT2D eigenvalue weighted by Gasteiger charge is -2.36. The molecule has 8 heteroatoms. The first-order valence-electron chi connectivity index (χ1n) is 25.9. The summed E-state index contributed by atoms with van der Waals surface area (Å²) >= 11 is 0. The number of aromatic nitrogens is 8. The molecular weight excluding hydrogens is 929 g/mol. The SMILES string of the molecule is C1=CC2C(c3ccc(-c4nc5ccccc5[nH]4)cc3)=CC(c3ccc(-c4nc5ccccc5[nH]4)cc3)=c3ccc4c(c32)C1C(c1ccc(-c2nc3ccccc3[nH]2)cc1)=CC=4c1ccc(-c2nc3ccccc3[nH]2)cc1. The van der Waals surface area contributed by atoms with Crippen LogP contribution in [0.1, 0.15) is 45.2 Å². The van der Waals surface area contributed by atoms with Gasteiger partial charge in [0.2, 0.25) is 0 Å². The number of rotatable bonds is 8. The summed E-state index contributed by atoms with van der Waals surface area (Å²) in [6.07, 6.45) is 9.80. The maximum Gasteiger partial charge on any atom is 0.138 e. The van der Waals surface area contributed by atoms with E-state index in [9.17, 15) is 0 Å². The minimum atomic E-state index is 0.00310. The molecule has 4 aromatic heterocycles. The summed E-state index contributed by atoms with van der Waals surface area (Å²) in [6.45, 7) is 0. The van der Waals surface area contributed by atoms with Crippen molar-refractivity contribution in [2.45, 2.75) is 11.8 Å². The van der Waals surface area contributed by atoms with Gasteiger partial charge in [-0.25, -0.2) is 19.9 Å². The highest BCUT2D eigenvalue weighted by atomic mass is 14.9. The van der Waals surface area contributed by atoms with Crippen molar-refractivity contribution in [2.75, 3.05) is 0 Å². The molecule has 8 nitrogen and oxygen atoms in total. The van der Waals surface area contributed by atoms with Crippen molar-refractivity contribution in [3.8, 4) is 45.6 Å². The molecule has 3 aliphatic carbocycles. The molecule has 0 saturated carbocycles. The number of nitrogens with zero attached hydrogens (tertiary/aromatic N) is 4. The van der Waals surface area contributed by atoms with Gasteiger partial charge in [-0.3, -0.25) is 0 Å². The Labute approximate surface area is 436 Å². The third-order valence-electron chi connectivity index (χ3n) is 15.7. The van der Waals surface area contributed by atoms with Crippen LogP contribution < -0.4 is 10.4 Å². The first-order valence-corrected chi connectivity index (χ1v) is 25.9. The van der Waals surface area contributed by atoms with E-state index in [1.54, 1.807) is 0 Å². The Morgan fingerprint density at radius 2 is 0.526 bits per heavy atom. The van der Waals surface area contributed by atoms with Crippen molar-refractivity contribution in [3.63, 3.8) is 0 Å². The number of hydrogen-bond donors (Lipinski definition) is 4. The third kappa shape index (κ3) is 6.84. The molecule has 0 amide bonds. The van der Waals surface area contributed by atoms with E-state index < -0.39 is 0 Å². The van der Waals surface area contributed by atoms with E-state index in [4.69, 9.17) is 19.9 Å². The molecule has 356 valence electrons. The number of allylic oxidation sites excluding steroid dienone is 6. The lowest BCUT2D eigenvalue weighted by molar-refractivity contribution is 0.919. The molecular formula is C68H44N8. The van der Waals surface area contributed by atoms with Gasteiger partial charge < -0.3 is 19.9 Å². The fourth-order valence-corrected chi connectivity index (χ4v) is 12.0. The van der Waals surface area contributed by atoms with E-state index in [1.165, 1.54) is 55.0 Å². The highest BCUT2D eigenvalue weighted by Gasteiger charge is 2.35. The molecule has 2 unspecified atom stereocenters. The van der Waals surface area contributed by atoms with Crippen molar-refractivity contribution in [3.05, 3.63) is 274 Å². The predicted molar refractivity (Wildman–Crippen MR) is 307 cm³/mol. The molecule has 9 aromatic carbocycles. The number of benzene rings is 9. The van der Waals surface area contributed by atoms with Gasteiger partial charge in [-0.2, -0.15) is 0 Å². The first kappa shape index (κ1) is 42.3. The van der Waals surface area contributed by atoms with Gasteiger partial charge in [0.25, 0.3) is 0 Å². The van der Waals surface area contributed by atoms with Crippen LogP contribution in [0.5, 0.6) is 0 Å². The minimum Gasteiger partial charge on any atom is -0.338 e. The molecule has 0 radical (unpaired) electrons. The van der Waals surface area contributed by atoms with Crippen molar-refractivity contribution < 1.29 is 0 Å². The van der Waals surface area contributed by atoms with Crippen LogP contribution in [0.25, 0.3) is 112 Å². The van der Waals surface area contributed by atoms with Gasteiger partial charge >= 0.3 is 0 Å². The van der Waals surface area contributed by atoms with Gasteiger partial charge in [0.05, 0.1) is 44.1 Å². The third-order valence-corrected chi connectivity index (χ3v) is 15.7. The zero-order chi connectivity index (χ0) is 49.8. The Kier molecular flexibility index (Phi) is 9.29. The number of hydrogen-bond acceptors (Lipinski definition) is 4. The highest BCUT2D eigenvalue weighted by Crippen LogP contribution is 2.48. The summed E-state index contributed by atoms with van der Waals surface area (Å²) in [5.74, 6) is 3.45. The average molecular weight is 973 g/mol. The maximum absolute atomic E-state index is 4.95. The van der Waals surface area contributed by atoms with E-state index >= 15 is 0 Å². The van der Waals surface area contributed by atoms with E-state index in [0.29, 0.717) is 0 Å². The Bertz CT molecular complexity index is 4300. The van der Waals surface area contributed by atoms with Crippen LogP contribution >= 0.6 is 0 Å². The molecule has 2 atom stereocenters. The maximum atomic E-state index is 4.95. The molecule has 0 fully saturated rings. The number of nitrogens with one attached hydrogen (secondary N) is 4. The summed E-state index contributed by atoms with van der Waals surface area (Å²) in [6, 6.07) is 73.3. The summed E-state index contributed by atoms with van der Waals surface area (Å²) in [7, 11) is 0. The van der Waals surface area contributed by atoms with Crippen LogP contribution in [-0.2, 0) is 0 Å². The number of fused-ring (bicyclic) bond motifs is 4. The van der Waals surface area contributed by atoms with Crippen LogP contribution in [0.15, 0.2) is 231 Å². The smallest absolute Gasteiger partial charge is 0.138 e. The lowest BCUT2D eigenvalue weighted by atomic mass is 9.67. The average Bonchev–Trinajstić information content (AvgIpc) is 4.42. The van der Waals surface area contributed by atoms with E-state index in [-0.39, 0.29) is 11.8 Å². The number of para-hydroxylation sites is 8. The van der Waals surface area contributed by atoms with E-state index in [0.717, 1.165) is 101 Å². The van der Waals surface area contributed by atoms with Crippen LogP contribution in [0, 0.1) is 0 Å². The van der Waals surface area contributed by atoms with Gasteiger partial charge in [-0.15, -0.1) is 0 Å². The van der Waals surface area contributed by atoms with Gasteiger partial charge in [-0.05, 0) is 127 Å². The normalized spacial score (nSPS) is 15.7. The second-order valence-electron chi connectivity index (χ2n) is 20.1. The molecule has 0 aliphatic heterocycles. The summed E-state index contributed by atoms with van der Waals surface area (Å²) in [5, 5.41) is 2.50. The largest absolute Gasteiger partial charge is 0.338 e. The standard InChI is InChI=1S/C68H44N8/c1-2-10-56-55(9-1)69-65(70-56)43-25-17-39(18-26-43)51-37-52(40-19-27-44(28-20-40)66-71-57-11-3-4-12-58(57)72-66)48-35-36-50-54(42-23-31-46(32-24-42)68-75-61-15-7-8-16-62(61)76-68)38-53(49-34-33-47(51)63(48)64(49)50)41-21-29-45(30-22-41)67-73-59-13-5-6-14-60(59)74-67/h1-38,47,49H,(H,69,70)(H,71,72)(H,73,74)(H,75,76). The quantitative estimate of drug-likeness (QED) is 0.114. The predicted octanol–water partition coefficient (Wildman–Crippen LogP) is 14.2. The molecule has 13 aromatic rings. The molecule has 0 bridgehead atoms. The highest BCUT2D eigenvalue weighted by molar-refractivity contribution is 5.96. The fraction of sp³-hybridized carbons (Fsp3) is 0.0294. The summed E-state index contributed by atoms with van der Waals surface area (Å²) in [5.41, 5.74) is 24.3. The van der Waals surface area contributed by atoms with Crippen LogP contribution in [0.3, 0.4) is 0 Å². The number of aromatic amines is 4. The molecule has 0 spiro atoms. The zero-order valence-corrected chi connectivity index (χ0v) is 40.9. The molecule has 0 saturated heterocycles. The summed E-state index contributed by atoms with van der Waals surface area (Å²) in [4.78, 5) is 33.9. The Morgan fingerprint density at radius 3 is 0.816 bits per heavy atom. The van der Waals surface area contributed by atoms with Gasteiger partial charge in [-0.1, -0.05) is 170 Å². The number of H-pyrrole nitrogens is 4. The van der Waals surface area contributed by atoms with Crippen LogP contribution in [0.4, 0.5) is 0 Å². The van der Waals surface area contributed by atoms with Crippen LogP contribution in [-0.4, -0.2) is 39.9 Å². The first-order chi connectivity index (χ1) is 37.6. The minimum absolute atomic E-state index is 0.00310. The molecule has 3 aliphatic rings. The molecule has 16 rings (SSSR count). The molecule has 4 N–H and O–H groups in total. The van der Waals surface area contributed by atoms with E-state index in [2.05, 4.69) is 202 Å². The number of imidazole rings is 4. The molecule has 76 heavy (non-hydrogen) atoms. The Hall–Kier alpha value is -10.2. The monoisotopic (exact) mass is 972 g/mol. The van der Waals surface area contributed by atoms with Gasteiger partial charge in [0.1, 0.15) is 23.3 Å². The second-order valence-corrected chi connectivity index (χ2v) is 20.1. The van der Waals surface area contributed by atoms with Crippen molar-refractivity contribution in [2.24, 2.45) is 0 Å². The second kappa shape index (κ2) is 16.7.